The number of aliphatic hydroxyl groups is 1. The van der Waals surface area contributed by atoms with E-state index in [9.17, 15) is 14.7 Å². The third-order valence-corrected chi connectivity index (χ3v) is 5.52. The average molecular weight is 477 g/mol. The van der Waals surface area contributed by atoms with E-state index < -0.39 is 5.60 Å². The third-order valence-electron chi connectivity index (χ3n) is 5.52. The second-order valence-corrected chi connectivity index (χ2v) is 11.0. The average Bonchev–Trinajstić information content (AvgIpc) is 3.29. The molecule has 0 spiro atoms. The van der Waals surface area contributed by atoms with Gasteiger partial charge in [-0.25, -0.2) is 4.98 Å². The predicted molar refractivity (Wildman–Crippen MR) is 137 cm³/mol. The van der Waals surface area contributed by atoms with Crippen LogP contribution in [0, 0.1) is 0 Å². The summed E-state index contributed by atoms with van der Waals surface area (Å²) in [6.45, 7) is 11.6. The highest BCUT2D eigenvalue weighted by Crippen LogP contribution is 2.34. The topological polar surface area (TPSA) is 107 Å². The Morgan fingerprint density at radius 3 is 1.57 bits per heavy atom. The molecule has 4 N–H and O–H groups in total. The van der Waals surface area contributed by atoms with Crippen LogP contribution < -0.4 is 10.6 Å². The third kappa shape index (κ3) is 7.02. The quantitative estimate of drug-likeness (QED) is 0.407. The summed E-state index contributed by atoms with van der Waals surface area (Å²) >= 11 is 0. The molecule has 35 heavy (non-hydrogen) atoms. The number of hydrogen-bond donors (Lipinski definition) is 4. The van der Waals surface area contributed by atoms with E-state index in [0.29, 0.717) is 35.1 Å². The minimum absolute atomic E-state index is 0.168. The van der Waals surface area contributed by atoms with Crippen LogP contribution in [0.3, 0.4) is 0 Å². The molecular weight excluding hydrogens is 440 g/mol. The Hall–Kier alpha value is -3.45. The number of H-pyrrole nitrogens is 1. The lowest BCUT2D eigenvalue weighted by Crippen LogP contribution is -2.40. The first-order chi connectivity index (χ1) is 16.3. The van der Waals surface area contributed by atoms with Gasteiger partial charge in [-0.15, -0.1) is 0 Å². The fraction of sp³-hybridized carbons (Fsp3) is 0.393. The van der Waals surface area contributed by atoms with E-state index in [4.69, 9.17) is 0 Å². The predicted octanol–water partition coefficient (Wildman–Crippen LogP) is 4.34. The van der Waals surface area contributed by atoms with E-state index in [1.165, 1.54) is 0 Å². The van der Waals surface area contributed by atoms with Crippen molar-refractivity contribution in [2.75, 3.05) is 0 Å². The van der Waals surface area contributed by atoms with Crippen molar-refractivity contribution >= 4 is 11.8 Å². The van der Waals surface area contributed by atoms with Crippen molar-refractivity contribution in [1.29, 1.82) is 0 Å². The number of carbonyl (C=O) groups is 2. The van der Waals surface area contributed by atoms with Crippen LogP contribution >= 0.6 is 0 Å². The van der Waals surface area contributed by atoms with Crippen LogP contribution in [0.25, 0.3) is 0 Å². The Balaban J connectivity index is 1.91. The summed E-state index contributed by atoms with van der Waals surface area (Å²) < 4.78 is 0. The molecule has 0 aliphatic rings. The number of aromatic amines is 1. The number of carbonyl (C=O) groups excluding carboxylic acids is 2. The van der Waals surface area contributed by atoms with Crippen molar-refractivity contribution in [1.82, 2.24) is 20.6 Å². The van der Waals surface area contributed by atoms with Crippen LogP contribution in [0.15, 0.2) is 61.1 Å². The highest BCUT2D eigenvalue weighted by Gasteiger charge is 2.32. The lowest BCUT2D eigenvalue weighted by atomic mass is 9.81. The standard InChI is InChI=1S/C28H36N4O3/c1-26(2,3)31-24(33)19-7-11-21(12-8-19)28(35,16-15-23-17-29-18-30-23)22-13-9-20(10-14-22)25(34)32-27(4,5)6/h7-14,17-18,35H,15-16H2,1-6H3,(H,29,30)(H,31,33)(H,32,34). The van der Waals surface area contributed by atoms with Crippen molar-refractivity contribution in [3.8, 4) is 0 Å². The number of rotatable bonds is 7. The first-order valence-corrected chi connectivity index (χ1v) is 11.8. The fourth-order valence-corrected chi connectivity index (χ4v) is 3.81. The molecule has 0 bridgehead atoms. The summed E-state index contributed by atoms with van der Waals surface area (Å²) in [6, 6.07) is 14.0. The Bertz CT molecular complexity index is 1070. The molecule has 0 aliphatic heterocycles. The molecule has 186 valence electrons. The van der Waals surface area contributed by atoms with Crippen LogP contribution in [0.2, 0.25) is 0 Å². The van der Waals surface area contributed by atoms with Gasteiger partial charge in [-0.2, -0.15) is 0 Å². The van der Waals surface area contributed by atoms with Gasteiger partial charge in [0, 0.05) is 28.4 Å². The maximum atomic E-state index is 12.5. The maximum Gasteiger partial charge on any atom is 0.251 e. The minimum atomic E-state index is -1.34. The SMILES string of the molecule is CC(C)(C)NC(=O)c1ccc(C(O)(CCc2c[nH]cn2)c2ccc(C(=O)NC(C)(C)C)cc2)cc1. The molecule has 7 heteroatoms. The molecule has 0 saturated carbocycles. The number of nitrogens with one attached hydrogen (secondary N) is 3. The molecule has 1 heterocycles. The van der Waals surface area contributed by atoms with Crippen molar-refractivity contribution in [3.63, 3.8) is 0 Å². The van der Waals surface area contributed by atoms with Crippen LogP contribution in [0.5, 0.6) is 0 Å². The Kier molecular flexibility index (Phi) is 7.50. The molecule has 3 rings (SSSR count). The molecule has 2 amide bonds. The summed E-state index contributed by atoms with van der Waals surface area (Å²) in [4.78, 5) is 32.3. The number of nitrogens with zero attached hydrogens (tertiary/aromatic N) is 1. The Morgan fingerprint density at radius 1 is 0.800 bits per heavy atom. The largest absolute Gasteiger partial charge is 0.380 e. The molecule has 0 aliphatic carbocycles. The second kappa shape index (κ2) is 10.0. The van der Waals surface area contributed by atoms with Gasteiger partial charge in [0.25, 0.3) is 11.8 Å². The van der Waals surface area contributed by atoms with E-state index in [2.05, 4.69) is 20.6 Å². The number of aryl methyl sites for hydroxylation is 1. The number of amides is 2. The van der Waals surface area contributed by atoms with Gasteiger partial charge in [0.05, 0.1) is 12.0 Å². The molecule has 0 atom stereocenters. The first kappa shape index (κ1) is 26.2. The van der Waals surface area contributed by atoms with E-state index in [-0.39, 0.29) is 22.9 Å². The van der Waals surface area contributed by atoms with Gasteiger partial charge in [-0.1, -0.05) is 24.3 Å². The van der Waals surface area contributed by atoms with Gasteiger partial charge >= 0.3 is 0 Å². The van der Waals surface area contributed by atoms with E-state index >= 15 is 0 Å². The molecule has 2 aromatic carbocycles. The number of benzene rings is 2. The Labute approximate surface area is 207 Å². The van der Waals surface area contributed by atoms with Crippen molar-refractivity contribution in [3.05, 3.63) is 89.0 Å². The van der Waals surface area contributed by atoms with Gasteiger partial charge in [0.1, 0.15) is 5.60 Å². The summed E-state index contributed by atoms with van der Waals surface area (Å²) in [5.41, 5.74) is 1.17. The van der Waals surface area contributed by atoms with Crippen LogP contribution in [-0.2, 0) is 12.0 Å². The highest BCUT2D eigenvalue weighted by molar-refractivity contribution is 5.95. The molecule has 0 unspecified atom stereocenters. The minimum Gasteiger partial charge on any atom is -0.380 e. The molecule has 3 aromatic rings. The fourth-order valence-electron chi connectivity index (χ4n) is 3.81. The molecule has 0 radical (unpaired) electrons. The van der Waals surface area contributed by atoms with Crippen molar-refractivity contribution < 1.29 is 14.7 Å². The zero-order chi connectivity index (χ0) is 25.9. The number of imidazole rings is 1. The van der Waals surface area contributed by atoms with Crippen molar-refractivity contribution in [2.24, 2.45) is 0 Å². The van der Waals surface area contributed by atoms with Gasteiger partial charge in [-0.05, 0) is 89.8 Å². The normalized spacial score (nSPS) is 12.3. The zero-order valence-electron chi connectivity index (χ0n) is 21.4. The molecule has 1 aromatic heterocycles. The maximum absolute atomic E-state index is 12.5. The smallest absolute Gasteiger partial charge is 0.251 e. The van der Waals surface area contributed by atoms with Gasteiger partial charge < -0.3 is 20.7 Å². The van der Waals surface area contributed by atoms with Gasteiger partial charge in [-0.3, -0.25) is 9.59 Å². The van der Waals surface area contributed by atoms with E-state index in [0.717, 1.165) is 5.69 Å². The second-order valence-electron chi connectivity index (χ2n) is 11.0. The summed E-state index contributed by atoms with van der Waals surface area (Å²) in [5, 5.41) is 17.8. The molecule has 0 saturated heterocycles. The lowest BCUT2D eigenvalue weighted by molar-refractivity contribution is 0.0708. The summed E-state index contributed by atoms with van der Waals surface area (Å²) in [7, 11) is 0. The highest BCUT2D eigenvalue weighted by atomic mass is 16.3. The lowest BCUT2D eigenvalue weighted by Gasteiger charge is -2.30. The number of hydrogen-bond acceptors (Lipinski definition) is 4. The van der Waals surface area contributed by atoms with Crippen LogP contribution in [0.4, 0.5) is 0 Å². The first-order valence-electron chi connectivity index (χ1n) is 11.8. The van der Waals surface area contributed by atoms with E-state index in [1.807, 2.05) is 41.5 Å². The summed E-state index contributed by atoms with van der Waals surface area (Å²) in [6.07, 6.45) is 4.33. The summed E-state index contributed by atoms with van der Waals surface area (Å²) in [5.74, 6) is -0.336. The van der Waals surface area contributed by atoms with Gasteiger partial charge in [0.2, 0.25) is 0 Å². The van der Waals surface area contributed by atoms with Crippen LogP contribution in [0.1, 0.15) is 85.5 Å². The Morgan fingerprint density at radius 2 is 1.23 bits per heavy atom. The molecular formula is C28H36N4O3. The monoisotopic (exact) mass is 476 g/mol. The van der Waals surface area contributed by atoms with E-state index in [1.54, 1.807) is 61.1 Å². The number of aromatic nitrogens is 2. The molecule has 7 nitrogen and oxygen atoms in total. The van der Waals surface area contributed by atoms with Crippen molar-refractivity contribution in [2.45, 2.75) is 71.1 Å². The van der Waals surface area contributed by atoms with Crippen LogP contribution in [-0.4, -0.2) is 38.0 Å². The zero-order valence-corrected chi connectivity index (χ0v) is 21.4. The van der Waals surface area contributed by atoms with Gasteiger partial charge in [0.15, 0.2) is 0 Å². The molecule has 0 fully saturated rings.